The van der Waals surface area contributed by atoms with E-state index in [0.29, 0.717) is 5.92 Å². The molecule has 1 aliphatic heterocycles. The molecule has 0 aliphatic carbocycles. The molecule has 2 unspecified atom stereocenters. The second-order valence-electron chi connectivity index (χ2n) is 5.02. The molecule has 100 valence electrons. The first-order valence-corrected chi connectivity index (χ1v) is 6.74. The molecule has 1 aliphatic rings. The van der Waals surface area contributed by atoms with Crippen molar-refractivity contribution in [2.75, 3.05) is 6.54 Å². The van der Waals surface area contributed by atoms with E-state index in [2.05, 4.69) is 49.6 Å². The summed E-state index contributed by atoms with van der Waals surface area (Å²) in [6.07, 6.45) is 7.79. The van der Waals surface area contributed by atoms with Gasteiger partial charge >= 0.3 is 0 Å². The molecule has 3 aromatic heterocycles. The Labute approximate surface area is 116 Å². The molecule has 0 amide bonds. The summed E-state index contributed by atoms with van der Waals surface area (Å²) in [5.74, 6) is 0.358. The molecule has 5 heteroatoms. The van der Waals surface area contributed by atoms with Crippen LogP contribution in [0.1, 0.15) is 23.2 Å². The number of nitrogens with one attached hydrogen (secondary N) is 2. The molecule has 0 radical (unpaired) electrons. The van der Waals surface area contributed by atoms with E-state index in [1.165, 1.54) is 5.56 Å². The maximum absolute atomic E-state index is 4.47. The zero-order valence-electron chi connectivity index (χ0n) is 10.9. The molecule has 2 N–H and O–H groups in total. The Morgan fingerprint density at radius 2 is 2.10 bits per heavy atom. The normalized spacial score (nSPS) is 22.4. The number of aromatic nitrogens is 3. The van der Waals surface area contributed by atoms with Crippen molar-refractivity contribution in [3.05, 3.63) is 66.4 Å². The average molecular weight is 265 g/mol. The van der Waals surface area contributed by atoms with Crippen LogP contribution in [0.15, 0.2) is 55.1 Å². The average Bonchev–Trinajstić information content (AvgIpc) is 3.16. The molecule has 0 bridgehead atoms. The van der Waals surface area contributed by atoms with Crippen LogP contribution in [0.2, 0.25) is 0 Å². The Balaban J connectivity index is 1.72. The Morgan fingerprint density at radius 1 is 1.10 bits per heavy atom. The van der Waals surface area contributed by atoms with Crippen LogP contribution in [0.4, 0.5) is 0 Å². The van der Waals surface area contributed by atoms with E-state index < -0.39 is 0 Å². The highest BCUT2D eigenvalue weighted by atomic mass is 15.4. The first kappa shape index (κ1) is 11.6. The van der Waals surface area contributed by atoms with E-state index in [9.17, 15) is 0 Å². The molecule has 3 aromatic rings. The minimum atomic E-state index is 0.192. The van der Waals surface area contributed by atoms with Gasteiger partial charge in [0.15, 0.2) is 0 Å². The van der Waals surface area contributed by atoms with Gasteiger partial charge in [-0.25, -0.2) is 10.4 Å². The molecule has 0 saturated carbocycles. The lowest BCUT2D eigenvalue weighted by molar-refractivity contribution is 0.540. The molecule has 0 spiro atoms. The van der Waals surface area contributed by atoms with Gasteiger partial charge in [0.05, 0.1) is 11.7 Å². The van der Waals surface area contributed by atoms with Crippen LogP contribution >= 0.6 is 0 Å². The number of rotatable bonds is 2. The predicted octanol–water partition coefficient (Wildman–Crippen LogP) is 1.66. The highest BCUT2D eigenvalue weighted by molar-refractivity contribution is 5.41. The molecule has 4 heterocycles. The van der Waals surface area contributed by atoms with Crippen molar-refractivity contribution in [2.45, 2.75) is 12.0 Å². The van der Waals surface area contributed by atoms with Crippen LogP contribution in [0, 0.1) is 0 Å². The van der Waals surface area contributed by atoms with Gasteiger partial charge in [-0.3, -0.25) is 10.4 Å². The third-order valence-electron chi connectivity index (χ3n) is 3.83. The first-order valence-electron chi connectivity index (χ1n) is 6.74. The zero-order valence-corrected chi connectivity index (χ0v) is 10.9. The van der Waals surface area contributed by atoms with Crippen molar-refractivity contribution < 1.29 is 0 Å². The van der Waals surface area contributed by atoms with Crippen LogP contribution in [-0.4, -0.2) is 20.9 Å². The number of imidazole rings is 1. The summed E-state index contributed by atoms with van der Waals surface area (Å²) in [6.45, 7) is 0.890. The number of pyridine rings is 2. The lowest BCUT2D eigenvalue weighted by atomic mass is 9.92. The summed E-state index contributed by atoms with van der Waals surface area (Å²) in [6, 6.07) is 10.4. The van der Waals surface area contributed by atoms with Crippen molar-refractivity contribution in [1.82, 2.24) is 25.2 Å². The quantitative estimate of drug-likeness (QED) is 0.740. The smallest absolute Gasteiger partial charge is 0.136 e. The van der Waals surface area contributed by atoms with Crippen LogP contribution < -0.4 is 10.9 Å². The summed E-state index contributed by atoms with van der Waals surface area (Å²) in [5.41, 5.74) is 9.89. The van der Waals surface area contributed by atoms with Crippen LogP contribution in [0.5, 0.6) is 0 Å². The largest absolute Gasteiger partial charge is 0.307 e. The number of nitrogens with zero attached hydrogens (tertiary/aromatic N) is 3. The summed E-state index contributed by atoms with van der Waals surface area (Å²) in [5, 5.41) is 0. The van der Waals surface area contributed by atoms with Crippen molar-refractivity contribution in [3.8, 4) is 0 Å². The summed E-state index contributed by atoms with van der Waals surface area (Å²) in [7, 11) is 0. The minimum absolute atomic E-state index is 0.192. The topological polar surface area (TPSA) is 54.2 Å². The fourth-order valence-corrected chi connectivity index (χ4v) is 2.80. The van der Waals surface area contributed by atoms with Crippen molar-refractivity contribution in [1.29, 1.82) is 0 Å². The second kappa shape index (κ2) is 4.70. The Hall–Kier alpha value is -2.24. The van der Waals surface area contributed by atoms with Crippen LogP contribution in [0.3, 0.4) is 0 Å². The lowest BCUT2D eigenvalue weighted by Gasteiger charge is -2.18. The predicted molar refractivity (Wildman–Crippen MR) is 76.0 cm³/mol. The molecule has 20 heavy (non-hydrogen) atoms. The Bertz CT molecular complexity index is 721. The van der Waals surface area contributed by atoms with Gasteiger partial charge in [-0.1, -0.05) is 12.1 Å². The standard InChI is InChI=1S/C15H15N5/c1-2-6-16-13(3-1)15-12(9-18-19-15)11-4-5-14-17-7-8-20(14)10-11/h1-8,10,12,15,18-19H,9H2. The van der Waals surface area contributed by atoms with Crippen LogP contribution in [0.25, 0.3) is 5.65 Å². The highest BCUT2D eigenvalue weighted by Gasteiger charge is 2.30. The SMILES string of the molecule is c1ccc(C2NNCC2c2ccc3nccn3c2)nc1. The van der Waals surface area contributed by atoms with E-state index in [4.69, 9.17) is 0 Å². The molecule has 4 rings (SSSR count). The number of hydrogen-bond acceptors (Lipinski definition) is 4. The van der Waals surface area contributed by atoms with E-state index in [1.54, 1.807) is 0 Å². The molecular weight excluding hydrogens is 250 g/mol. The van der Waals surface area contributed by atoms with Gasteiger partial charge in [0, 0.05) is 37.3 Å². The van der Waals surface area contributed by atoms with Crippen molar-refractivity contribution in [3.63, 3.8) is 0 Å². The Kier molecular flexibility index (Phi) is 2.72. The van der Waals surface area contributed by atoms with E-state index in [1.807, 2.05) is 30.7 Å². The van der Waals surface area contributed by atoms with E-state index in [-0.39, 0.29) is 6.04 Å². The van der Waals surface area contributed by atoms with Crippen molar-refractivity contribution >= 4 is 5.65 Å². The van der Waals surface area contributed by atoms with Gasteiger partial charge in [-0.2, -0.15) is 0 Å². The van der Waals surface area contributed by atoms with Gasteiger partial charge in [0.1, 0.15) is 5.65 Å². The maximum atomic E-state index is 4.47. The third-order valence-corrected chi connectivity index (χ3v) is 3.83. The van der Waals surface area contributed by atoms with Gasteiger partial charge < -0.3 is 4.40 Å². The van der Waals surface area contributed by atoms with E-state index in [0.717, 1.165) is 17.9 Å². The van der Waals surface area contributed by atoms with Gasteiger partial charge in [0.2, 0.25) is 0 Å². The summed E-state index contributed by atoms with van der Waals surface area (Å²) >= 11 is 0. The third kappa shape index (κ3) is 1.88. The zero-order chi connectivity index (χ0) is 13.4. The fraction of sp³-hybridized carbons (Fsp3) is 0.200. The number of hydrazine groups is 1. The fourth-order valence-electron chi connectivity index (χ4n) is 2.80. The van der Waals surface area contributed by atoms with Gasteiger partial charge in [-0.15, -0.1) is 0 Å². The van der Waals surface area contributed by atoms with Crippen LogP contribution in [-0.2, 0) is 0 Å². The first-order chi connectivity index (χ1) is 9.92. The highest BCUT2D eigenvalue weighted by Crippen LogP contribution is 2.32. The Morgan fingerprint density at radius 3 is 3.00 bits per heavy atom. The van der Waals surface area contributed by atoms with Gasteiger partial charge in [-0.05, 0) is 23.8 Å². The molecule has 2 atom stereocenters. The summed E-state index contributed by atoms with van der Waals surface area (Å²) < 4.78 is 2.06. The molecular formula is C15H15N5. The maximum Gasteiger partial charge on any atom is 0.136 e. The van der Waals surface area contributed by atoms with Gasteiger partial charge in [0.25, 0.3) is 0 Å². The molecule has 5 nitrogen and oxygen atoms in total. The number of hydrogen-bond donors (Lipinski definition) is 2. The molecule has 1 fully saturated rings. The monoisotopic (exact) mass is 265 g/mol. The van der Waals surface area contributed by atoms with Crippen molar-refractivity contribution in [2.24, 2.45) is 0 Å². The second-order valence-corrected chi connectivity index (χ2v) is 5.02. The lowest BCUT2D eigenvalue weighted by Crippen LogP contribution is -2.25. The number of fused-ring (bicyclic) bond motifs is 1. The molecule has 0 aromatic carbocycles. The molecule has 1 saturated heterocycles. The minimum Gasteiger partial charge on any atom is -0.307 e. The van der Waals surface area contributed by atoms with E-state index >= 15 is 0 Å². The summed E-state index contributed by atoms with van der Waals surface area (Å²) in [4.78, 5) is 8.75.